The predicted molar refractivity (Wildman–Crippen MR) is 173 cm³/mol. The SMILES string of the molecule is CCC[CH2][Sn]([CH2]CCC)([CH2]CCC)[C@@H](/C=C(\C)CC/C=C(\C)CCC=C(C)C)OC(=O)c1ccc([N+](=O)[O-])cc1. The third-order valence-corrected chi connectivity index (χ3v) is 23.6. The molecule has 1 aromatic rings. The van der Waals surface area contributed by atoms with E-state index in [2.05, 4.69) is 66.7 Å². The van der Waals surface area contributed by atoms with Crippen LogP contribution in [0.5, 0.6) is 0 Å². The van der Waals surface area contributed by atoms with Crippen molar-refractivity contribution in [2.24, 2.45) is 0 Å². The number of nitrogens with zero attached hydrogens (tertiary/aromatic N) is 1. The first kappa shape index (κ1) is 36.1. The van der Waals surface area contributed by atoms with Crippen molar-refractivity contribution < 1.29 is 14.5 Å². The summed E-state index contributed by atoms with van der Waals surface area (Å²) in [5.74, 6) is -0.357. The van der Waals surface area contributed by atoms with Crippen molar-refractivity contribution in [2.45, 2.75) is 130 Å². The number of carbonyl (C=O) groups is 1. The average molecular weight is 661 g/mol. The van der Waals surface area contributed by atoms with Crippen LogP contribution in [0.2, 0.25) is 13.3 Å². The number of carbonyl (C=O) groups excluding carboxylic acids is 1. The van der Waals surface area contributed by atoms with Crippen LogP contribution in [0.15, 0.2) is 59.2 Å². The summed E-state index contributed by atoms with van der Waals surface area (Å²) in [5.41, 5.74) is 4.45. The first-order chi connectivity index (χ1) is 19.1. The molecule has 0 radical (unpaired) electrons. The van der Waals surface area contributed by atoms with Gasteiger partial charge in [-0.3, -0.25) is 0 Å². The molecule has 1 rings (SSSR count). The van der Waals surface area contributed by atoms with Gasteiger partial charge in [0.1, 0.15) is 0 Å². The number of benzene rings is 1. The van der Waals surface area contributed by atoms with Crippen LogP contribution in [-0.2, 0) is 4.74 Å². The molecule has 1 atom stereocenters. The molecule has 6 heteroatoms. The molecule has 0 amide bonds. The molecule has 0 aliphatic rings. The average Bonchev–Trinajstić information content (AvgIpc) is 2.92. The molecule has 0 heterocycles. The summed E-state index contributed by atoms with van der Waals surface area (Å²) in [6.45, 7) is 15.4. The zero-order valence-corrected chi connectivity index (χ0v) is 29.2. The molecule has 40 heavy (non-hydrogen) atoms. The van der Waals surface area contributed by atoms with E-state index in [0.717, 1.165) is 44.9 Å². The van der Waals surface area contributed by atoms with E-state index in [-0.39, 0.29) is 15.8 Å². The van der Waals surface area contributed by atoms with Gasteiger partial charge in [-0.15, -0.1) is 0 Å². The van der Waals surface area contributed by atoms with Crippen LogP contribution in [0, 0.1) is 10.1 Å². The molecule has 0 unspecified atom stereocenters. The van der Waals surface area contributed by atoms with Gasteiger partial charge in [-0.1, -0.05) is 0 Å². The predicted octanol–water partition coefficient (Wildman–Crippen LogP) is 10.9. The van der Waals surface area contributed by atoms with Crippen LogP contribution in [0.25, 0.3) is 0 Å². The number of esters is 1. The van der Waals surface area contributed by atoms with Crippen molar-refractivity contribution in [1.29, 1.82) is 0 Å². The van der Waals surface area contributed by atoms with Crippen molar-refractivity contribution in [3.05, 3.63) is 74.9 Å². The second-order valence-electron chi connectivity index (χ2n) is 11.7. The molecule has 0 fully saturated rings. The van der Waals surface area contributed by atoms with E-state index in [1.807, 2.05) is 0 Å². The summed E-state index contributed by atoms with van der Waals surface area (Å²) in [6.07, 6.45) is 18.1. The van der Waals surface area contributed by atoms with Gasteiger partial charge in [0.15, 0.2) is 0 Å². The van der Waals surface area contributed by atoms with Gasteiger partial charge in [-0.05, 0) is 0 Å². The molecule has 0 N–H and O–H groups in total. The first-order valence-electron chi connectivity index (χ1n) is 15.5. The Morgan fingerprint density at radius 2 is 1.35 bits per heavy atom. The van der Waals surface area contributed by atoms with Crippen molar-refractivity contribution in [3.63, 3.8) is 0 Å². The minimum absolute atomic E-state index is 0.0181. The summed E-state index contributed by atoms with van der Waals surface area (Å²) in [5, 5.41) is 11.1. The van der Waals surface area contributed by atoms with Crippen LogP contribution in [0.1, 0.15) is 123 Å². The Morgan fingerprint density at radius 3 is 1.82 bits per heavy atom. The molecule has 0 aromatic heterocycles. The van der Waals surface area contributed by atoms with Gasteiger partial charge in [0.05, 0.1) is 0 Å². The molecule has 0 saturated carbocycles. The van der Waals surface area contributed by atoms with Gasteiger partial charge in [0, 0.05) is 0 Å². The van der Waals surface area contributed by atoms with Gasteiger partial charge in [0.25, 0.3) is 0 Å². The quantitative estimate of drug-likeness (QED) is 0.0459. The van der Waals surface area contributed by atoms with Crippen LogP contribution >= 0.6 is 0 Å². The summed E-state index contributed by atoms with van der Waals surface area (Å²) in [4.78, 5) is 24.1. The number of hydrogen-bond acceptors (Lipinski definition) is 4. The molecule has 5 nitrogen and oxygen atoms in total. The van der Waals surface area contributed by atoms with Gasteiger partial charge < -0.3 is 0 Å². The van der Waals surface area contributed by atoms with E-state index < -0.39 is 23.3 Å². The Hall–Kier alpha value is -1.89. The van der Waals surface area contributed by atoms with E-state index in [1.54, 1.807) is 0 Å². The summed E-state index contributed by atoms with van der Waals surface area (Å²) >= 11 is -2.99. The second-order valence-corrected chi connectivity index (χ2v) is 25.4. The molecular weight excluding hydrogens is 605 g/mol. The number of ether oxygens (including phenoxy) is 1. The second kappa shape index (κ2) is 20.1. The molecule has 0 spiro atoms. The summed E-state index contributed by atoms with van der Waals surface area (Å²) in [7, 11) is 0. The summed E-state index contributed by atoms with van der Waals surface area (Å²) in [6, 6.07) is 5.83. The number of nitro benzene ring substituents is 1. The Bertz CT molecular complexity index is 968. The van der Waals surface area contributed by atoms with Crippen LogP contribution in [0.4, 0.5) is 5.69 Å². The number of allylic oxidation sites excluding steroid dienone is 5. The fraction of sp³-hybridized carbons (Fsp3) is 0.618. The Kier molecular flexibility index (Phi) is 18.1. The monoisotopic (exact) mass is 661 g/mol. The maximum atomic E-state index is 13.4. The van der Waals surface area contributed by atoms with Gasteiger partial charge >= 0.3 is 249 Å². The Balaban J connectivity index is 3.30. The topological polar surface area (TPSA) is 69.4 Å². The first-order valence-corrected chi connectivity index (χ1v) is 23.2. The molecule has 0 aliphatic carbocycles. The molecule has 0 aliphatic heterocycles. The third-order valence-electron chi connectivity index (χ3n) is 7.79. The number of unbranched alkanes of at least 4 members (excludes halogenated alkanes) is 3. The fourth-order valence-corrected chi connectivity index (χ4v) is 21.7. The van der Waals surface area contributed by atoms with E-state index >= 15 is 0 Å². The van der Waals surface area contributed by atoms with Gasteiger partial charge in [0.2, 0.25) is 0 Å². The van der Waals surface area contributed by atoms with Crippen molar-refractivity contribution in [2.75, 3.05) is 0 Å². The van der Waals surface area contributed by atoms with E-state index in [0.29, 0.717) is 5.56 Å². The zero-order chi connectivity index (χ0) is 30.0. The third kappa shape index (κ3) is 13.6. The van der Waals surface area contributed by atoms with E-state index in [9.17, 15) is 14.9 Å². The van der Waals surface area contributed by atoms with Crippen LogP contribution in [-0.4, -0.2) is 33.4 Å². The molecule has 1 aromatic carbocycles. The van der Waals surface area contributed by atoms with Gasteiger partial charge in [-0.2, -0.15) is 0 Å². The molecular formula is C34H55NO4Sn. The van der Waals surface area contributed by atoms with E-state index in [4.69, 9.17) is 4.74 Å². The normalized spacial score (nSPS) is 13.2. The van der Waals surface area contributed by atoms with Crippen molar-refractivity contribution in [3.8, 4) is 0 Å². The van der Waals surface area contributed by atoms with Crippen LogP contribution < -0.4 is 0 Å². The number of nitro groups is 1. The number of rotatable bonds is 20. The zero-order valence-electron chi connectivity index (χ0n) is 26.4. The number of hydrogen-bond donors (Lipinski definition) is 0. The minimum atomic E-state index is -2.99. The van der Waals surface area contributed by atoms with Crippen LogP contribution in [0.3, 0.4) is 0 Å². The molecule has 224 valence electrons. The van der Waals surface area contributed by atoms with Crippen molar-refractivity contribution in [1.82, 2.24) is 0 Å². The Labute approximate surface area is 248 Å². The van der Waals surface area contributed by atoms with Crippen molar-refractivity contribution >= 4 is 30.0 Å². The molecule has 0 saturated heterocycles. The summed E-state index contributed by atoms with van der Waals surface area (Å²) < 4.78 is 10.0. The van der Waals surface area contributed by atoms with E-state index in [1.165, 1.54) is 73.6 Å². The number of non-ortho nitro benzene ring substituents is 1. The van der Waals surface area contributed by atoms with Gasteiger partial charge in [-0.25, -0.2) is 0 Å². The molecule has 0 bridgehead atoms. The Morgan fingerprint density at radius 1 is 0.850 bits per heavy atom. The standard InChI is InChI=1S/C22H28NO4.3C4H9.Sn/c1-17(2)7-5-8-18(3)9-6-10-19(4)15-16-27-22(24)20-11-13-21(14-12-20)23(25)26;3*1-3-4-2;/h7,9,11-16H,5-6,8,10H2,1-4H3;3*1,3-4H2,2H3;/b18-9+,19-15+;;;;. The maximum absolute atomic E-state index is 13.4. The fourth-order valence-electron chi connectivity index (χ4n) is 5.21.